The highest BCUT2D eigenvalue weighted by atomic mass is 35.5. The summed E-state index contributed by atoms with van der Waals surface area (Å²) in [5.41, 5.74) is 4.96. The number of amides is 1. The van der Waals surface area contributed by atoms with Crippen LogP contribution in [0.5, 0.6) is 11.5 Å². The van der Waals surface area contributed by atoms with Gasteiger partial charge >= 0.3 is 0 Å². The molecule has 0 unspecified atom stereocenters. The van der Waals surface area contributed by atoms with E-state index in [2.05, 4.69) is 10.6 Å². The Kier molecular flexibility index (Phi) is 7.79. The zero-order chi connectivity index (χ0) is 22.2. The van der Waals surface area contributed by atoms with E-state index in [9.17, 15) is 4.79 Å². The van der Waals surface area contributed by atoms with Crippen molar-refractivity contribution in [3.05, 3.63) is 82.4 Å². The molecular formula is C25H27ClN2O3. The van der Waals surface area contributed by atoms with Crippen LogP contribution in [-0.2, 0) is 11.3 Å². The first-order chi connectivity index (χ1) is 14.9. The summed E-state index contributed by atoms with van der Waals surface area (Å²) in [5, 5.41) is 6.93. The number of rotatable bonds is 9. The Morgan fingerprint density at radius 3 is 2.42 bits per heavy atom. The lowest BCUT2D eigenvalue weighted by molar-refractivity contribution is -0.118. The van der Waals surface area contributed by atoms with Gasteiger partial charge < -0.3 is 20.1 Å². The second kappa shape index (κ2) is 10.7. The molecule has 1 amide bonds. The maximum Gasteiger partial charge on any atom is 0.262 e. The number of ether oxygens (including phenoxy) is 2. The van der Waals surface area contributed by atoms with Gasteiger partial charge in [0.2, 0.25) is 0 Å². The SMILES string of the molecule is CCOc1cc(CNc2ccc(Cl)cc2)ccc1OCC(=O)Nc1ccc(C)cc1C. The van der Waals surface area contributed by atoms with E-state index < -0.39 is 0 Å². The van der Waals surface area contributed by atoms with Crippen LogP contribution in [0.4, 0.5) is 11.4 Å². The molecule has 0 saturated heterocycles. The fourth-order valence-corrected chi connectivity index (χ4v) is 3.23. The van der Waals surface area contributed by atoms with Crippen molar-refractivity contribution in [3.8, 4) is 11.5 Å². The molecule has 2 N–H and O–H groups in total. The molecule has 0 spiro atoms. The topological polar surface area (TPSA) is 59.6 Å². The third-order valence-electron chi connectivity index (χ3n) is 4.66. The first-order valence-corrected chi connectivity index (χ1v) is 10.6. The molecule has 3 rings (SSSR count). The summed E-state index contributed by atoms with van der Waals surface area (Å²) in [4.78, 5) is 12.3. The molecule has 0 aliphatic heterocycles. The molecule has 0 heterocycles. The average molecular weight is 439 g/mol. The predicted molar refractivity (Wildman–Crippen MR) is 126 cm³/mol. The monoisotopic (exact) mass is 438 g/mol. The highest BCUT2D eigenvalue weighted by molar-refractivity contribution is 6.30. The molecule has 0 fully saturated rings. The minimum Gasteiger partial charge on any atom is -0.490 e. The zero-order valence-corrected chi connectivity index (χ0v) is 18.8. The first kappa shape index (κ1) is 22.5. The summed E-state index contributed by atoms with van der Waals surface area (Å²) >= 11 is 5.93. The highest BCUT2D eigenvalue weighted by Gasteiger charge is 2.11. The van der Waals surface area contributed by atoms with E-state index in [1.54, 1.807) is 0 Å². The summed E-state index contributed by atoms with van der Waals surface area (Å²) in [7, 11) is 0. The lowest BCUT2D eigenvalue weighted by atomic mass is 10.1. The second-order valence-corrected chi connectivity index (χ2v) is 7.67. The predicted octanol–water partition coefficient (Wildman–Crippen LogP) is 5.99. The number of hydrogen-bond acceptors (Lipinski definition) is 4. The van der Waals surface area contributed by atoms with E-state index >= 15 is 0 Å². The Balaban J connectivity index is 1.60. The standard InChI is InChI=1S/C25H27ClN2O3/c1-4-30-24-14-19(15-27-21-9-7-20(26)8-10-21)6-12-23(24)31-16-25(29)28-22-11-5-17(2)13-18(22)3/h5-14,27H,4,15-16H2,1-3H3,(H,28,29). The fraction of sp³-hybridized carbons (Fsp3) is 0.240. The van der Waals surface area contributed by atoms with Gasteiger partial charge in [0.05, 0.1) is 6.61 Å². The molecule has 0 bridgehead atoms. The van der Waals surface area contributed by atoms with Gasteiger partial charge in [0.15, 0.2) is 18.1 Å². The summed E-state index contributed by atoms with van der Waals surface area (Å²) in [6, 6.07) is 19.1. The van der Waals surface area contributed by atoms with E-state index in [4.69, 9.17) is 21.1 Å². The van der Waals surface area contributed by atoms with Gasteiger partial charge in [-0.25, -0.2) is 0 Å². The number of carbonyl (C=O) groups is 1. The quantitative estimate of drug-likeness (QED) is 0.431. The van der Waals surface area contributed by atoms with Crippen LogP contribution < -0.4 is 20.1 Å². The number of carbonyl (C=O) groups excluding carboxylic acids is 1. The number of hydrogen-bond donors (Lipinski definition) is 2. The molecule has 3 aromatic rings. The van der Waals surface area contributed by atoms with E-state index in [-0.39, 0.29) is 12.5 Å². The lowest BCUT2D eigenvalue weighted by Crippen LogP contribution is -2.21. The Labute approximate surface area is 188 Å². The molecule has 0 atom stereocenters. The fourth-order valence-electron chi connectivity index (χ4n) is 3.11. The van der Waals surface area contributed by atoms with Crippen molar-refractivity contribution in [1.29, 1.82) is 0 Å². The number of benzene rings is 3. The Morgan fingerprint density at radius 1 is 0.935 bits per heavy atom. The maximum atomic E-state index is 12.3. The van der Waals surface area contributed by atoms with Crippen molar-refractivity contribution in [2.24, 2.45) is 0 Å². The van der Waals surface area contributed by atoms with Crippen LogP contribution in [0.2, 0.25) is 5.02 Å². The molecule has 0 aromatic heterocycles. The van der Waals surface area contributed by atoms with E-state index in [0.717, 1.165) is 28.1 Å². The Morgan fingerprint density at radius 2 is 1.71 bits per heavy atom. The molecule has 3 aromatic carbocycles. The van der Waals surface area contributed by atoms with Gasteiger partial charge in [0.25, 0.3) is 5.91 Å². The van der Waals surface area contributed by atoms with Crippen LogP contribution >= 0.6 is 11.6 Å². The van der Waals surface area contributed by atoms with Crippen molar-refractivity contribution in [3.63, 3.8) is 0 Å². The van der Waals surface area contributed by atoms with Crippen molar-refractivity contribution in [2.75, 3.05) is 23.8 Å². The average Bonchev–Trinajstić information content (AvgIpc) is 2.75. The van der Waals surface area contributed by atoms with Crippen molar-refractivity contribution in [2.45, 2.75) is 27.3 Å². The minimum atomic E-state index is -0.220. The minimum absolute atomic E-state index is 0.101. The van der Waals surface area contributed by atoms with Crippen molar-refractivity contribution < 1.29 is 14.3 Å². The Bertz CT molecular complexity index is 1040. The summed E-state index contributed by atoms with van der Waals surface area (Å²) in [5.74, 6) is 0.924. The zero-order valence-electron chi connectivity index (χ0n) is 18.0. The van der Waals surface area contributed by atoms with E-state index in [1.165, 1.54) is 0 Å². The molecule has 5 nitrogen and oxygen atoms in total. The van der Waals surface area contributed by atoms with Gasteiger partial charge in [-0.15, -0.1) is 0 Å². The van der Waals surface area contributed by atoms with Crippen LogP contribution in [0.1, 0.15) is 23.6 Å². The van der Waals surface area contributed by atoms with Crippen LogP contribution in [0, 0.1) is 13.8 Å². The number of halogens is 1. The maximum absolute atomic E-state index is 12.3. The normalized spacial score (nSPS) is 10.5. The van der Waals surface area contributed by atoms with Gasteiger partial charge in [-0.1, -0.05) is 35.4 Å². The van der Waals surface area contributed by atoms with Gasteiger partial charge in [0.1, 0.15) is 0 Å². The number of nitrogens with one attached hydrogen (secondary N) is 2. The van der Waals surface area contributed by atoms with Gasteiger partial charge in [-0.05, 0) is 74.4 Å². The van der Waals surface area contributed by atoms with Crippen LogP contribution in [-0.4, -0.2) is 19.1 Å². The number of aryl methyl sites for hydroxylation is 2. The summed E-state index contributed by atoms with van der Waals surface area (Å²) < 4.78 is 11.5. The summed E-state index contributed by atoms with van der Waals surface area (Å²) in [6.45, 7) is 6.92. The molecule has 0 radical (unpaired) electrons. The van der Waals surface area contributed by atoms with Gasteiger partial charge in [0, 0.05) is 22.9 Å². The van der Waals surface area contributed by atoms with Crippen molar-refractivity contribution >= 4 is 28.9 Å². The third kappa shape index (κ3) is 6.66. The van der Waals surface area contributed by atoms with Gasteiger partial charge in [-0.2, -0.15) is 0 Å². The smallest absolute Gasteiger partial charge is 0.262 e. The lowest BCUT2D eigenvalue weighted by Gasteiger charge is -2.15. The van der Waals surface area contributed by atoms with E-state index in [0.29, 0.717) is 29.7 Å². The second-order valence-electron chi connectivity index (χ2n) is 7.23. The summed E-state index contributed by atoms with van der Waals surface area (Å²) in [6.07, 6.45) is 0. The molecular weight excluding hydrogens is 412 g/mol. The molecule has 0 saturated carbocycles. The molecule has 0 aliphatic rings. The molecule has 6 heteroatoms. The largest absolute Gasteiger partial charge is 0.490 e. The molecule has 31 heavy (non-hydrogen) atoms. The van der Waals surface area contributed by atoms with Crippen LogP contribution in [0.15, 0.2) is 60.7 Å². The molecule has 162 valence electrons. The number of anilines is 2. The van der Waals surface area contributed by atoms with Crippen molar-refractivity contribution in [1.82, 2.24) is 0 Å². The van der Waals surface area contributed by atoms with Gasteiger partial charge in [-0.3, -0.25) is 4.79 Å². The first-order valence-electron chi connectivity index (χ1n) is 10.2. The Hall–Kier alpha value is -3.18. The highest BCUT2D eigenvalue weighted by Crippen LogP contribution is 2.29. The van der Waals surface area contributed by atoms with E-state index in [1.807, 2.05) is 81.4 Å². The molecule has 0 aliphatic carbocycles. The van der Waals surface area contributed by atoms with Crippen LogP contribution in [0.3, 0.4) is 0 Å². The third-order valence-corrected chi connectivity index (χ3v) is 4.92. The van der Waals surface area contributed by atoms with Crippen LogP contribution in [0.25, 0.3) is 0 Å².